The first-order valence-electron chi connectivity index (χ1n) is 7.74. The average Bonchev–Trinajstić information content (AvgIpc) is 2.35. The lowest BCUT2D eigenvalue weighted by atomic mass is 9.73. The number of hydrogen-bond acceptors (Lipinski definition) is 6. The molecule has 6 nitrogen and oxygen atoms in total. The topological polar surface area (TPSA) is 71.1 Å². The molecular formula is C16H26O6. The van der Waals surface area contributed by atoms with Crippen molar-refractivity contribution in [3.63, 3.8) is 0 Å². The van der Waals surface area contributed by atoms with E-state index in [4.69, 9.17) is 19.2 Å². The lowest BCUT2D eigenvalue weighted by molar-refractivity contribution is -0.436. The van der Waals surface area contributed by atoms with Crippen LogP contribution in [0.15, 0.2) is 0 Å². The average molecular weight is 314 g/mol. The Balaban J connectivity index is 2.24. The molecular weight excluding hydrogens is 288 g/mol. The summed E-state index contributed by atoms with van der Waals surface area (Å²) in [5.41, 5.74) is -2.68. The van der Waals surface area contributed by atoms with Crippen molar-refractivity contribution in [2.75, 3.05) is 0 Å². The summed E-state index contributed by atoms with van der Waals surface area (Å²) in [6.45, 7) is 10.7. The summed E-state index contributed by atoms with van der Waals surface area (Å²) in [5, 5.41) is 0. The normalized spacial score (nSPS) is 31.7. The van der Waals surface area contributed by atoms with Gasteiger partial charge in [0.2, 0.25) is 5.60 Å². The molecule has 2 aliphatic heterocycles. The van der Waals surface area contributed by atoms with Crippen LogP contribution >= 0.6 is 0 Å². The lowest BCUT2D eigenvalue weighted by Crippen LogP contribution is -2.62. The van der Waals surface area contributed by atoms with Crippen LogP contribution in [0.25, 0.3) is 0 Å². The molecule has 2 saturated heterocycles. The molecule has 3 atom stereocenters. The molecule has 0 N–H and O–H groups in total. The maximum Gasteiger partial charge on any atom is 0.343 e. The van der Waals surface area contributed by atoms with E-state index in [2.05, 4.69) is 0 Å². The van der Waals surface area contributed by atoms with E-state index >= 15 is 0 Å². The van der Waals surface area contributed by atoms with Crippen LogP contribution in [0.2, 0.25) is 0 Å². The van der Waals surface area contributed by atoms with Crippen molar-refractivity contribution in [2.45, 2.75) is 83.7 Å². The van der Waals surface area contributed by atoms with Gasteiger partial charge in [-0.05, 0) is 60.8 Å². The van der Waals surface area contributed by atoms with Gasteiger partial charge in [-0.25, -0.2) is 14.6 Å². The Labute approximate surface area is 131 Å². The second-order valence-electron chi connectivity index (χ2n) is 8.05. The number of ether oxygens (including phenoxy) is 2. The standard InChI is InChI=1S/C16H26O6/c1-14(2,3)19-12(17)11-9-10-7-8-16(11,22-21-10)13(18)20-15(4,5)6/h10-11H,7-9H2,1-6H3. The van der Waals surface area contributed by atoms with Crippen molar-refractivity contribution in [3.05, 3.63) is 0 Å². The summed E-state index contributed by atoms with van der Waals surface area (Å²) in [7, 11) is 0. The van der Waals surface area contributed by atoms with Crippen molar-refractivity contribution in [1.29, 1.82) is 0 Å². The molecule has 3 fully saturated rings. The SMILES string of the molecule is CC(C)(C)OC(=O)C1CC2CCC1(C(=O)OC(C)(C)C)OO2. The Kier molecular flexibility index (Phi) is 4.30. The van der Waals surface area contributed by atoms with Crippen LogP contribution in [-0.4, -0.2) is 34.8 Å². The summed E-state index contributed by atoms with van der Waals surface area (Å²) in [6.07, 6.45) is 1.30. The van der Waals surface area contributed by atoms with Gasteiger partial charge in [-0.15, -0.1) is 0 Å². The summed E-state index contributed by atoms with van der Waals surface area (Å²) >= 11 is 0. The van der Waals surface area contributed by atoms with Crippen molar-refractivity contribution in [3.8, 4) is 0 Å². The van der Waals surface area contributed by atoms with Gasteiger partial charge in [-0.1, -0.05) is 0 Å². The van der Waals surface area contributed by atoms with Crippen LogP contribution in [0.4, 0.5) is 0 Å². The van der Waals surface area contributed by atoms with E-state index in [9.17, 15) is 9.59 Å². The molecule has 0 spiro atoms. The van der Waals surface area contributed by atoms with Crippen molar-refractivity contribution in [2.24, 2.45) is 5.92 Å². The smallest absolute Gasteiger partial charge is 0.343 e. The van der Waals surface area contributed by atoms with Crippen LogP contribution in [0.3, 0.4) is 0 Å². The van der Waals surface area contributed by atoms with Crippen molar-refractivity contribution < 1.29 is 28.8 Å². The molecule has 3 unspecified atom stereocenters. The maximum atomic E-state index is 12.6. The Morgan fingerprint density at radius 2 is 1.64 bits per heavy atom. The molecule has 1 saturated carbocycles. The molecule has 0 radical (unpaired) electrons. The highest BCUT2D eigenvalue weighted by Gasteiger charge is 2.61. The molecule has 2 heterocycles. The first kappa shape index (κ1) is 17.2. The van der Waals surface area contributed by atoms with Crippen LogP contribution < -0.4 is 0 Å². The molecule has 0 aromatic rings. The van der Waals surface area contributed by atoms with E-state index in [0.717, 1.165) is 0 Å². The molecule has 22 heavy (non-hydrogen) atoms. The zero-order chi connectivity index (χ0) is 16.8. The van der Waals surface area contributed by atoms with Gasteiger partial charge in [0.25, 0.3) is 0 Å². The molecule has 3 rings (SSSR count). The third kappa shape index (κ3) is 3.60. The van der Waals surface area contributed by atoms with E-state index in [-0.39, 0.29) is 6.10 Å². The highest BCUT2D eigenvalue weighted by Crippen LogP contribution is 2.46. The highest BCUT2D eigenvalue weighted by molar-refractivity contribution is 5.88. The van der Waals surface area contributed by atoms with E-state index in [1.807, 2.05) is 0 Å². The minimum absolute atomic E-state index is 0.179. The fourth-order valence-electron chi connectivity index (χ4n) is 2.76. The second-order valence-corrected chi connectivity index (χ2v) is 8.05. The van der Waals surface area contributed by atoms with E-state index in [1.165, 1.54) is 0 Å². The first-order chi connectivity index (χ1) is 9.93. The van der Waals surface area contributed by atoms with Crippen molar-refractivity contribution >= 4 is 11.9 Å². The fourth-order valence-corrected chi connectivity index (χ4v) is 2.76. The molecule has 0 amide bonds. The fraction of sp³-hybridized carbons (Fsp3) is 0.875. The zero-order valence-corrected chi connectivity index (χ0v) is 14.2. The van der Waals surface area contributed by atoms with Gasteiger partial charge in [-0.3, -0.25) is 4.79 Å². The Morgan fingerprint density at radius 3 is 2.09 bits per heavy atom. The van der Waals surface area contributed by atoms with Crippen LogP contribution in [0.5, 0.6) is 0 Å². The molecule has 0 aromatic carbocycles. The van der Waals surface area contributed by atoms with Crippen LogP contribution in [0.1, 0.15) is 60.8 Å². The summed E-state index contributed by atoms with van der Waals surface area (Å²) in [4.78, 5) is 35.7. The van der Waals surface area contributed by atoms with Gasteiger partial charge in [0, 0.05) is 0 Å². The second kappa shape index (κ2) is 5.49. The third-order valence-electron chi connectivity index (χ3n) is 3.67. The number of rotatable bonds is 2. The lowest BCUT2D eigenvalue weighted by Gasteiger charge is -2.47. The third-order valence-corrected chi connectivity index (χ3v) is 3.67. The Morgan fingerprint density at radius 1 is 1.05 bits per heavy atom. The van der Waals surface area contributed by atoms with E-state index in [0.29, 0.717) is 19.3 Å². The number of fused-ring (bicyclic) bond motifs is 3. The quantitative estimate of drug-likeness (QED) is 0.576. The maximum absolute atomic E-state index is 12.6. The number of carbonyl (C=O) groups is 2. The molecule has 126 valence electrons. The summed E-state index contributed by atoms with van der Waals surface area (Å²) < 4.78 is 10.9. The van der Waals surface area contributed by atoms with Crippen molar-refractivity contribution in [1.82, 2.24) is 0 Å². The van der Waals surface area contributed by atoms with Gasteiger partial charge < -0.3 is 9.47 Å². The molecule has 6 heteroatoms. The van der Waals surface area contributed by atoms with Gasteiger partial charge >= 0.3 is 11.9 Å². The first-order valence-corrected chi connectivity index (χ1v) is 7.74. The highest BCUT2D eigenvalue weighted by atomic mass is 17.2. The largest absolute Gasteiger partial charge is 0.460 e. The molecule has 0 aromatic heterocycles. The monoisotopic (exact) mass is 314 g/mol. The molecule has 3 aliphatic rings. The Bertz CT molecular complexity index is 448. The minimum Gasteiger partial charge on any atom is -0.460 e. The van der Waals surface area contributed by atoms with Gasteiger partial charge in [0.05, 0.1) is 6.10 Å². The minimum atomic E-state index is -1.40. The van der Waals surface area contributed by atoms with E-state index in [1.54, 1.807) is 41.5 Å². The predicted octanol–water partition coefficient (Wildman–Crippen LogP) is 2.54. The summed E-state index contributed by atoms with van der Waals surface area (Å²) in [6, 6.07) is 0. The zero-order valence-electron chi connectivity index (χ0n) is 14.2. The van der Waals surface area contributed by atoms with Crippen LogP contribution in [-0.2, 0) is 28.8 Å². The number of esters is 2. The molecule has 2 bridgehead atoms. The van der Waals surface area contributed by atoms with E-state index < -0.39 is 34.7 Å². The van der Waals surface area contributed by atoms with Gasteiger partial charge in [0.1, 0.15) is 17.1 Å². The Hall–Kier alpha value is -1.14. The number of carbonyl (C=O) groups excluding carboxylic acids is 2. The van der Waals surface area contributed by atoms with Crippen LogP contribution in [0, 0.1) is 5.92 Å². The predicted molar refractivity (Wildman–Crippen MR) is 77.7 cm³/mol. The van der Waals surface area contributed by atoms with Gasteiger partial charge in [-0.2, -0.15) is 0 Å². The van der Waals surface area contributed by atoms with Gasteiger partial charge in [0.15, 0.2) is 0 Å². The summed E-state index contributed by atoms with van der Waals surface area (Å²) in [5.74, 6) is -1.70. The molecule has 1 aliphatic carbocycles. The number of hydrogen-bond donors (Lipinski definition) is 0.